The highest BCUT2D eigenvalue weighted by Crippen LogP contribution is 2.29. The molecule has 3 amide bonds. The van der Waals surface area contributed by atoms with Gasteiger partial charge in [0.1, 0.15) is 0 Å². The van der Waals surface area contributed by atoms with E-state index in [0.29, 0.717) is 37.2 Å². The molecule has 0 unspecified atom stereocenters. The third kappa shape index (κ3) is 3.76. The van der Waals surface area contributed by atoms with E-state index in [1.54, 1.807) is 17.0 Å². The number of benzene rings is 2. The van der Waals surface area contributed by atoms with Crippen LogP contribution in [0.5, 0.6) is 0 Å². The van der Waals surface area contributed by atoms with Gasteiger partial charge in [0.25, 0.3) is 5.91 Å². The van der Waals surface area contributed by atoms with Gasteiger partial charge >= 0.3 is 0 Å². The van der Waals surface area contributed by atoms with Crippen LogP contribution in [-0.4, -0.2) is 35.7 Å². The van der Waals surface area contributed by atoms with Crippen molar-refractivity contribution < 1.29 is 14.4 Å². The zero-order valence-electron chi connectivity index (χ0n) is 15.7. The number of nitrogens with one attached hydrogen (secondary N) is 1. The smallest absolute Gasteiger partial charge is 0.255 e. The van der Waals surface area contributed by atoms with E-state index in [1.807, 2.05) is 41.3 Å². The van der Waals surface area contributed by atoms with Crippen molar-refractivity contribution >= 4 is 29.1 Å². The molecule has 2 aromatic carbocycles. The van der Waals surface area contributed by atoms with Gasteiger partial charge in [-0.2, -0.15) is 0 Å². The fraction of sp³-hybridized carbons (Fsp3) is 0.318. The Kier molecular flexibility index (Phi) is 5.10. The van der Waals surface area contributed by atoms with Gasteiger partial charge in [-0.1, -0.05) is 24.3 Å². The van der Waals surface area contributed by atoms with Gasteiger partial charge in [-0.3, -0.25) is 14.4 Å². The molecule has 0 saturated carbocycles. The molecule has 2 aliphatic rings. The lowest BCUT2D eigenvalue weighted by Crippen LogP contribution is -2.25. The van der Waals surface area contributed by atoms with Gasteiger partial charge in [0.05, 0.1) is 11.4 Å². The molecule has 0 spiro atoms. The number of carbonyl (C=O) groups excluding carboxylic acids is 3. The summed E-state index contributed by atoms with van der Waals surface area (Å²) in [6.45, 7) is 2.06. The van der Waals surface area contributed by atoms with E-state index in [-0.39, 0.29) is 17.7 Å². The maximum atomic E-state index is 12.7. The Morgan fingerprint density at radius 1 is 0.893 bits per heavy atom. The first kappa shape index (κ1) is 18.2. The van der Waals surface area contributed by atoms with Gasteiger partial charge in [-0.15, -0.1) is 0 Å². The SMILES string of the molecule is O=C(Nc1ccccc1N1CCCC1=O)c1ccc(CN2CCCC2=O)cc1. The van der Waals surface area contributed by atoms with Crippen molar-refractivity contribution in [3.05, 3.63) is 59.7 Å². The fourth-order valence-corrected chi connectivity index (χ4v) is 3.77. The van der Waals surface area contributed by atoms with E-state index in [4.69, 9.17) is 0 Å². The van der Waals surface area contributed by atoms with Crippen LogP contribution in [0.4, 0.5) is 11.4 Å². The summed E-state index contributed by atoms with van der Waals surface area (Å²) in [6.07, 6.45) is 2.92. The number of carbonyl (C=O) groups is 3. The maximum Gasteiger partial charge on any atom is 0.255 e. The molecule has 0 radical (unpaired) electrons. The van der Waals surface area contributed by atoms with Crippen LogP contribution in [0.3, 0.4) is 0 Å². The molecule has 6 heteroatoms. The first-order valence-corrected chi connectivity index (χ1v) is 9.69. The predicted molar refractivity (Wildman–Crippen MR) is 107 cm³/mol. The molecule has 144 valence electrons. The Morgan fingerprint density at radius 3 is 2.29 bits per heavy atom. The molecule has 28 heavy (non-hydrogen) atoms. The molecule has 1 N–H and O–H groups in total. The quantitative estimate of drug-likeness (QED) is 0.870. The number of hydrogen-bond acceptors (Lipinski definition) is 3. The molecule has 4 rings (SSSR count). The van der Waals surface area contributed by atoms with E-state index in [1.165, 1.54) is 0 Å². The second-order valence-electron chi connectivity index (χ2n) is 7.24. The van der Waals surface area contributed by atoms with Crippen LogP contribution >= 0.6 is 0 Å². The molecule has 2 aromatic rings. The summed E-state index contributed by atoms with van der Waals surface area (Å²) in [5.41, 5.74) is 2.92. The molecule has 0 aliphatic carbocycles. The molecule has 0 aromatic heterocycles. The summed E-state index contributed by atoms with van der Waals surface area (Å²) in [5.74, 6) is 0.0558. The average molecular weight is 377 g/mol. The van der Waals surface area contributed by atoms with Crippen LogP contribution in [0, 0.1) is 0 Å². The summed E-state index contributed by atoms with van der Waals surface area (Å²) < 4.78 is 0. The third-order valence-electron chi connectivity index (χ3n) is 5.28. The molecule has 6 nitrogen and oxygen atoms in total. The van der Waals surface area contributed by atoms with Crippen molar-refractivity contribution in [1.82, 2.24) is 4.90 Å². The van der Waals surface area contributed by atoms with Crippen LogP contribution in [0.1, 0.15) is 41.6 Å². The van der Waals surface area contributed by atoms with Gasteiger partial charge in [-0.25, -0.2) is 0 Å². The lowest BCUT2D eigenvalue weighted by Gasteiger charge is -2.20. The number of nitrogens with zero attached hydrogens (tertiary/aromatic N) is 2. The molecule has 2 fully saturated rings. The largest absolute Gasteiger partial charge is 0.338 e. The van der Waals surface area contributed by atoms with Crippen LogP contribution < -0.4 is 10.2 Å². The topological polar surface area (TPSA) is 69.7 Å². The standard InChI is InChI=1S/C22H23N3O3/c26-20-7-3-13-24(20)15-16-9-11-17(12-10-16)22(28)23-18-5-1-2-6-19(18)25-14-4-8-21(25)27/h1-2,5-6,9-12H,3-4,7-8,13-15H2,(H,23,28). The minimum atomic E-state index is -0.220. The van der Waals surface area contributed by atoms with Gasteiger partial charge in [0.2, 0.25) is 11.8 Å². The summed E-state index contributed by atoms with van der Waals surface area (Å²) in [7, 11) is 0. The van der Waals surface area contributed by atoms with Crippen LogP contribution in [-0.2, 0) is 16.1 Å². The van der Waals surface area contributed by atoms with Crippen molar-refractivity contribution in [3.8, 4) is 0 Å². The van der Waals surface area contributed by atoms with Gasteiger partial charge < -0.3 is 15.1 Å². The summed E-state index contributed by atoms with van der Waals surface area (Å²) in [5, 5.41) is 2.93. The minimum absolute atomic E-state index is 0.0857. The van der Waals surface area contributed by atoms with E-state index >= 15 is 0 Å². The van der Waals surface area contributed by atoms with Gasteiger partial charge in [0.15, 0.2) is 0 Å². The molecule has 2 heterocycles. The third-order valence-corrected chi connectivity index (χ3v) is 5.28. The second-order valence-corrected chi connectivity index (χ2v) is 7.24. The number of para-hydroxylation sites is 2. The maximum absolute atomic E-state index is 12.7. The average Bonchev–Trinajstić information content (AvgIpc) is 3.31. The Labute approximate surface area is 164 Å². The van der Waals surface area contributed by atoms with Crippen molar-refractivity contribution in [2.24, 2.45) is 0 Å². The predicted octanol–water partition coefficient (Wildman–Crippen LogP) is 3.19. The van der Waals surface area contributed by atoms with E-state index in [0.717, 1.165) is 30.6 Å². The number of anilines is 2. The highest BCUT2D eigenvalue weighted by Gasteiger charge is 2.24. The molecule has 2 saturated heterocycles. The lowest BCUT2D eigenvalue weighted by molar-refractivity contribution is -0.128. The highest BCUT2D eigenvalue weighted by molar-refractivity contribution is 6.08. The van der Waals surface area contributed by atoms with Crippen molar-refractivity contribution in [1.29, 1.82) is 0 Å². The fourth-order valence-electron chi connectivity index (χ4n) is 3.77. The number of hydrogen-bond donors (Lipinski definition) is 1. The van der Waals surface area contributed by atoms with Gasteiger partial charge in [-0.05, 0) is 42.7 Å². The number of likely N-dealkylation sites (tertiary alicyclic amines) is 1. The van der Waals surface area contributed by atoms with E-state index < -0.39 is 0 Å². The molecule has 0 bridgehead atoms. The van der Waals surface area contributed by atoms with E-state index in [2.05, 4.69) is 5.32 Å². The first-order chi connectivity index (χ1) is 13.6. The number of amides is 3. The van der Waals surface area contributed by atoms with Gasteiger partial charge in [0, 0.05) is 38.0 Å². The first-order valence-electron chi connectivity index (χ1n) is 9.69. The van der Waals surface area contributed by atoms with Crippen molar-refractivity contribution in [3.63, 3.8) is 0 Å². The zero-order valence-corrected chi connectivity index (χ0v) is 15.7. The highest BCUT2D eigenvalue weighted by atomic mass is 16.2. The normalized spacial score (nSPS) is 16.7. The van der Waals surface area contributed by atoms with E-state index in [9.17, 15) is 14.4 Å². The van der Waals surface area contributed by atoms with Crippen molar-refractivity contribution in [2.75, 3.05) is 23.3 Å². The molecular formula is C22H23N3O3. The van der Waals surface area contributed by atoms with Crippen molar-refractivity contribution in [2.45, 2.75) is 32.2 Å². The molecule has 0 atom stereocenters. The molecule has 2 aliphatic heterocycles. The Morgan fingerprint density at radius 2 is 1.61 bits per heavy atom. The summed E-state index contributed by atoms with van der Waals surface area (Å²) >= 11 is 0. The Bertz CT molecular complexity index is 907. The second kappa shape index (κ2) is 7.84. The Balaban J connectivity index is 1.45. The lowest BCUT2D eigenvalue weighted by atomic mass is 10.1. The van der Waals surface area contributed by atoms with Crippen LogP contribution in [0.15, 0.2) is 48.5 Å². The monoisotopic (exact) mass is 377 g/mol. The zero-order chi connectivity index (χ0) is 19.5. The van der Waals surface area contributed by atoms with Crippen LogP contribution in [0.25, 0.3) is 0 Å². The summed E-state index contributed by atoms with van der Waals surface area (Å²) in [6, 6.07) is 14.7. The molecular weight excluding hydrogens is 354 g/mol. The minimum Gasteiger partial charge on any atom is -0.338 e. The summed E-state index contributed by atoms with van der Waals surface area (Å²) in [4.78, 5) is 40.1. The number of rotatable bonds is 5. The van der Waals surface area contributed by atoms with Crippen LogP contribution in [0.2, 0.25) is 0 Å². The Hall–Kier alpha value is -3.15.